The molecule has 2 aromatic rings. The lowest BCUT2D eigenvalue weighted by molar-refractivity contribution is -0.129. The molecule has 0 bridgehead atoms. The molecule has 7 heteroatoms. The van der Waals surface area contributed by atoms with Gasteiger partial charge in [-0.05, 0) is 55.4 Å². The van der Waals surface area contributed by atoms with Gasteiger partial charge in [-0.15, -0.1) is 22.0 Å². The predicted octanol–water partition coefficient (Wildman–Crippen LogP) is 2.37. The number of amides is 1. The van der Waals surface area contributed by atoms with Gasteiger partial charge in [0.15, 0.2) is 0 Å². The number of hydrogen-bond donors (Lipinski definition) is 1. The number of piperidine rings is 1. The molecule has 1 aromatic carbocycles. The van der Waals surface area contributed by atoms with Crippen LogP contribution in [0, 0.1) is 0 Å². The number of thioether (sulfide) groups is 1. The summed E-state index contributed by atoms with van der Waals surface area (Å²) in [5.41, 5.74) is 2.97. The van der Waals surface area contributed by atoms with E-state index in [4.69, 9.17) is 0 Å². The smallest absolute Gasteiger partial charge is 0.232 e. The molecule has 2 aliphatic heterocycles. The van der Waals surface area contributed by atoms with Crippen LogP contribution in [0.5, 0.6) is 0 Å². The lowest BCUT2D eigenvalue weighted by Crippen LogP contribution is -2.39. The molecule has 5 rings (SSSR count). The van der Waals surface area contributed by atoms with E-state index >= 15 is 0 Å². The third kappa shape index (κ3) is 3.57. The second-order valence-corrected chi connectivity index (χ2v) is 9.08. The highest BCUT2D eigenvalue weighted by molar-refractivity contribution is 8.00. The number of rotatable bonds is 4. The SMILES string of the molecule is O=C(CSc1ccc2c(c1)CCC2)N1CCC(c2nnc3n2CCNC3)CC1. The van der Waals surface area contributed by atoms with Crippen molar-refractivity contribution in [3.05, 3.63) is 41.0 Å². The number of benzene rings is 1. The van der Waals surface area contributed by atoms with E-state index in [0.717, 1.165) is 57.2 Å². The Morgan fingerprint density at radius 3 is 2.89 bits per heavy atom. The van der Waals surface area contributed by atoms with Crippen LogP contribution in [0.3, 0.4) is 0 Å². The second kappa shape index (κ2) is 7.87. The summed E-state index contributed by atoms with van der Waals surface area (Å²) in [6.07, 6.45) is 5.64. The number of aromatic nitrogens is 3. The Kier molecular flexibility index (Phi) is 5.11. The molecule has 0 atom stereocenters. The number of nitrogens with zero attached hydrogens (tertiary/aromatic N) is 4. The van der Waals surface area contributed by atoms with Crippen molar-refractivity contribution in [3.63, 3.8) is 0 Å². The van der Waals surface area contributed by atoms with Crippen LogP contribution >= 0.6 is 11.8 Å². The van der Waals surface area contributed by atoms with Crippen molar-refractivity contribution in [1.29, 1.82) is 0 Å². The van der Waals surface area contributed by atoms with Crippen LogP contribution in [0.2, 0.25) is 0 Å². The molecule has 1 aliphatic carbocycles. The minimum Gasteiger partial charge on any atom is -0.342 e. The molecule has 148 valence electrons. The van der Waals surface area contributed by atoms with Gasteiger partial charge < -0.3 is 14.8 Å². The Morgan fingerprint density at radius 1 is 1.14 bits per heavy atom. The Labute approximate surface area is 170 Å². The highest BCUT2D eigenvalue weighted by Gasteiger charge is 2.28. The summed E-state index contributed by atoms with van der Waals surface area (Å²) >= 11 is 1.68. The Morgan fingerprint density at radius 2 is 2.00 bits per heavy atom. The first-order valence-corrected chi connectivity index (χ1v) is 11.4. The summed E-state index contributed by atoms with van der Waals surface area (Å²) in [5, 5.41) is 12.1. The van der Waals surface area contributed by atoms with E-state index < -0.39 is 0 Å². The van der Waals surface area contributed by atoms with Gasteiger partial charge in [-0.2, -0.15) is 0 Å². The zero-order valence-corrected chi connectivity index (χ0v) is 17.0. The quantitative estimate of drug-likeness (QED) is 0.803. The van der Waals surface area contributed by atoms with Gasteiger partial charge in [0.05, 0.1) is 12.3 Å². The van der Waals surface area contributed by atoms with Crippen LogP contribution in [0.1, 0.15) is 48.0 Å². The van der Waals surface area contributed by atoms with Gasteiger partial charge in [-0.3, -0.25) is 4.79 Å². The molecule has 28 heavy (non-hydrogen) atoms. The van der Waals surface area contributed by atoms with E-state index in [1.165, 1.54) is 35.3 Å². The predicted molar refractivity (Wildman–Crippen MR) is 109 cm³/mol. The molecule has 3 heterocycles. The lowest BCUT2D eigenvalue weighted by atomic mass is 9.95. The van der Waals surface area contributed by atoms with Crippen LogP contribution in [0.4, 0.5) is 0 Å². The van der Waals surface area contributed by atoms with E-state index in [9.17, 15) is 4.79 Å². The molecule has 0 saturated carbocycles. The molecule has 6 nitrogen and oxygen atoms in total. The topological polar surface area (TPSA) is 63.1 Å². The van der Waals surface area contributed by atoms with E-state index in [0.29, 0.717) is 11.7 Å². The van der Waals surface area contributed by atoms with Gasteiger partial charge in [0.1, 0.15) is 11.6 Å². The van der Waals surface area contributed by atoms with Crippen molar-refractivity contribution in [1.82, 2.24) is 25.0 Å². The highest BCUT2D eigenvalue weighted by Crippen LogP contribution is 2.30. The molecule has 0 radical (unpaired) electrons. The number of nitrogens with one attached hydrogen (secondary N) is 1. The largest absolute Gasteiger partial charge is 0.342 e. The van der Waals surface area contributed by atoms with Crippen LogP contribution in [-0.2, 0) is 30.7 Å². The first-order chi connectivity index (χ1) is 13.8. The number of carbonyl (C=O) groups excluding carboxylic acids is 1. The van der Waals surface area contributed by atoms with Gasteiger partial charge in [0, 0.05) is 37.0 Å². The first-order valence-electron chi connectivity index (χ1n) is 10.4. The minimum atomic E-state index is 0.261. The van der Waals surface area contributed by atoms with Gasteiger partial charge in [0.25, 0.3) is 0 Å². The fourth-order valence-corrected chi connectivity index (χ4v) is 5.54. The van der Waals surface area contributed by atoms with Crippen LogP contribution in [-0.4, -0.2) is 51.0 Å². The molecular formula is C21H27N5OS. The van der Waals surface area contributed by atoms with Crippen molar-refractivity contribution in [2.75, 3.05) is 25.4 Å². The maximum Gasteiger partial charge on any atom is 0.232 e. The van der Waals surface area contributed by atoms with Crippen molar-refractivity contribution >= 4 is 17.7 Å². The first kappa shape index (κ1) is 18.2. The van der Waals surface area contributed by atoms with Crippen LogP contribution in [0.15, 0.2) is 23.1 Å². The molecular weight excluding hydrogens is 370 g/mol. The average Bonchev–Trinajstić information content (AvgIpc) is 3.38. The molecule has 1 aromatic heterocycles. The van der Waals surface area contributed by atoms with E-state index in [1.54, 1.807) is 11.8 Å². The molecule has 0 unspecified atom stereocenters. The number of likely N-dealkylation sites (tertiary alicyclic amines) is 1. The third-order valence-corrected chi connectivity index (χ3v) is 7.27. The average molecular weight is 398 g/mol. The van der Waals surface area contributed by atoms with Gasteiger partial charge >= 0.3 is 0 Å². The molecule has 1 fully saturated rings. The maximum atomic E-state index is 12.7. The summed E-state index contributed by atoms with van der Waals surface area (Å²) in [6, 6.07) is 6.71. The molecule has 3 aliphatic rings. The van der Waals surface area contributed by atoms with Crippen LogP contribution in [0.25, 0.3) is 0 Å². The summed E-state index contributed by atoms with van der Waals surface area (Å²) in [4.78, 5) is 16.0. The standard InChI is InChI=1S/C21H27N5OS/c27-20(14-28-18-5-4-15-2-1-3-17(15)12-18)25-9-6-16(7-10-25)21-24-23-19-13-22-8-11-26(19)21/h4-5,12,16,22H,1-3,6-11,13-14H2. The highest BCUT2D eigenvalue weighted by atomic mass is 32.2. The Balaban J connectivity index is 1.14. The maximum absolute atomic E-state index is 12.7. The number of hydrogen-bond acceptors (Lipinski definition) is 5. The van der Waals surface area contributed by atoms with Gasteiger partial charge in [-0.25, -0.2) is 0 Å². The molecule has 0 spiro atoms. The van der Waals surface area contributed by atoms with E-state index in [2.05, 4.69) is 38.3 Å². The third-order valence-electron chi connectivity index (χ3n) is 6.30. The summed E-state index contributed by atoms with van der Waals surface area (Å²) < 4.78 is 2.28. The van der Waals surface area contributed by atoms with Crippen molar-refractivity contribution in [2.24, 2.45) is 0 Å². The van der Waals surface area contributed by atoms with Crippen LogP contribution < -0.4 is 5.32 Å². The van der Waals surface area contributed by atoms with Gasteiger partial charge in [-0.1, -0.05) is 6.07 Å². The monoisotopic (exact) mass is 397 g/mol. The minimum absolute atomic E-state index is 0.261. The normalized spacial score (nSPS) is 19.5. The zero-order chi connectivity index (χ0) is 18.9. The lowest BCUT2D eigenvalue weighted by Gasteiger charge is -2.32. The fraction of sp³-hybridized carbons (Fsp3) is 0.571. The van der Waals surface area contributed by atoms with Gasteiger partial charge in [0.2, 0.25) is 5.91 Å². The van der Waals surface area contributed by atoms with Crippen molar-refractivity contribution in [3.8, 4) is 0 Å². The second-order valence-electron chi connectivity index (χ2n) is 8.03. The Hall–Kier alpha value is -1.86. The zero-order valence-electron chi connectivity index (χ0n) is 16.2. The Bertz CT molecular complexity index is 872. The van der Waals surface area contributed by atoms with E-state index in [-0.39, 0.29) is 5.91 Å². The summed E-state index contributed by atoms with van der Waals surface area (Å²) in [6.45, 7) is 4.40. The number of aryl methyl sites for hydroxylation is 2. The summed E-state index contributed by atoms with van der Waals surface area (Å²) in [5.74, 6) is 3.39. The van der Waals surface area contributed by atoms with Crippen molar-refractivity contribution in [2.45, 2.75) is 56.0 Å². The molecule has 1 saturated heterocycles. The summed E-state index contributed by atoms with van der Waals surface area (Å²) in [7, 11) is 0. The van der Waals surface area contributed by atoms with Crippen molar-refractivity contribution < 1.29 is 4.79 Å². The fourth-order valence-electron chi connectivity index (χ4n) is 4.68. The number of carbonyl (C=O) groups is 1. The van der Waals surface area contributed by atoms with E-state index in [1.807, 2.05) is 4.90 Å². The molecule has 1 amide bonds. The number of fused-ring (bicyclic) bond motifs is 2. The molecule has 1 N–H and O–H groups in total.